The quantitative estimate of drug-likeness (QED) is 0.276. The Morgan fingerprint density at radius 2 is 1.08 bits per heavy atom. The molecule has 36 heavy (non-hydrogen) atoms. The van der Waals surface area contributed by atoms with Crippen molar-refractivity contribution < 1.29 is 0 Å². The highest BCUT2D eigenvalue weighted by Gasteiger charge is 2.57. The number of fused-ring (bicyclic) bond motifs is 1. The zero-order chi connectivity index (χ0) is 25.6. The third-order valence-electron chi connectivity index (χ3n) is 7.71. The van der Waals surface area contributed by atoms with Crippen molar-refractivity contribution in [1.29, 1.82) is 0 Å². The van der Waals surface area contributed by atoms with Crippen LogP contribution in [-0.2, 0) is 0 Å². The van der Waals surface area contributed by atoms with E-state index in [9.17, 15) is 0 Å². The first-order valence-corrected chi connectivity index (χ1v) is 14.9. The summed E-state index contributed by atoms with van der Waals surface area (Å²) in [4.78, 5) is 9.87. The maximum Gasteiger partial charge on any atom is 0.158 e. The molecule has 0 saturated heterocycles. The Labute approximate surface area is 217 Å². The van der Waals surface area contributed by atoms with Crippen LogP contribution in [0.2, 0.25) is 10.1 Å². The lowest BCUT2D eigenvalue weighted by atomic mass is 10.2. The van der Waals surface area contributed by atoms with Crippen LogP contribution in [0.15, 0.2) is 103 Å². The molecule has 0 aliphatic carbocycles. The van der Waals surface area contributed by atoms with Crippen molar-refractivity contribution in [2.75, 3.05) is 16.5 Å². The highest BCUT2D eigenvalue weighted by atomic mass is 28.3. The predicted molar refractivity (Wildman–Crippen MR) is 157 cm³/mol. The summed E-state index contributed by atoms with van der Waals surface area (Å²) in [6, 6.07) is 35.1. The lowest BCUT2D eigenvalue weighted by Gasteiger charge is -2.53. The van der Waals surface area contributed by atoms with Crippen molar-refractivity contribution in [2.24, 2.45) is 0 Å². The Kier molecular flexibility index (Phi) is 6.04. The first-order valence-electron chi connectivity index (χ1n) is 12.9. The van der Waals surface area contributed by atoms with E-state index in [1.165, 1.54) is 27.4 Å². The minimum Gasteiger partial charge on any atom is -0.320 e. The number of hydrogen-bond acceptors (Lipinski definition) is 3. The van der Waals surface area contributed by atoms with Gasteiger partial charge in [0, 0.05) is 17.6 Å². The molecular formula is C32H37N3Si. The van der Waals surface area contributed by atoms with Crippen LogP contribution in [-0.4, -0.2) is 19.7 Å². The van der Waals surface area contributed by atoms with E-state index in [2.05, 4.69) is 148 Å². The van der Waals surface area contributed by atoms with E-state index in [0.29, 0.717) is 0 Å². The van der Waals surface area contributed by atoms with Crippen molar-refractivity contribution in [3.05, 3.63) is 103 Å². The fraction of sp³-hybridized carbons (Fsp3) is 0.281. The molecule has 4 heteroatoms. The number of aromatic nitrogens is 1. The molecule has 0 atom stereocenters. The zero-order valence-electron chi connectivity index (χ0n) is 22.4. The predicted octanol–water partition coefficient (Wildman–Crippen LogP) is 7.49. The molecule has 0 amide bonds. The van der Waals surface area contributed by atoms with Crippen molar-refractivity contribution in [3.63, 3.8) is 0 Å². The Bertz CT molecular complexity index is 1310. The lowest BCUT2D eigenvalue weighted by molar-refractivity contribution is 0.636. The zero-order valence-corrected chi connectivity index (χ0v) is 23.4. The number of rotatable bonds is 4. The van der Waals surface area contributed by atoms with Crippen LogP contribution in [0.5, 0.6) is 0 Å². The number of anilines is 4. The molecule has 0 unspecified atom stereocenters. The molecule has 3 aromatic carbocycles. The van der Waals surface area contributed by atoms with Crippen LogP contribution >= 0.6 is 0 Å². The molecular weight excluding hydrogens is 454 g/mol. The van der Waals surface area contributed by atoms with Gasteiger partial charge in [-0.05, 0) is 45.6 Å². The van der Waals surface area contributed by atoms with E-state index < -0.39 is 8.07 Å². The van der Waals surface area contributed by atoms with E-state index in [4.69, 9.17) is 4.98 Å². The summed E-state index contributed by atoms with van der Waals surface area (Å²) in [6.45, 7) is 15.4. The van der Waals surface area contributed by atoms with Gasteiger partial charge in [-0.1, -0.05) is 113 Å². The number of benzene rings is 3. The van der Waals surface area contributed by atoms with Crippen molar-refractivity contribution in [1.82, 2.24) is 4.98 Å². The van der Waals surface area contributed by atoms with Crippen molar-refractivity contribution >= 4 is 41.3 Å². The molecule has 1 aliphatic heterocycles. The van der Waals surface area contributed by atoms with E-state index in [0.717, 1.165) is 12.5 Å². The van der Waals surface area contributed by atoms with Crippen molar-refractivity contribution in [2.45, 2.75) is 51.6 Å². The molecule has 0 fully saturated rings. The molecule has 3 nitrogen and oxygen atoms in total. The highest BCUT2D eigenvalue weighted by Crippen LogP contribution is 2.53. The van der Waals surface area contributed by atoms with Crippen LogP contribution in [0.25, 0.3) is 0 Å². The topological polar surface area (TPSA) is 19.4 Å². The van der Waals surface area contributed by atoms with Gasteiger partial charge < -0.3 is 9.80 Å². The summed E-state index contributed by atoms with van der Waals surface area (Å²) < 4.78 is 0. The summed E-state index contributed by atoms with van der Waals surface area (Å²) in [5.74, 6) is 1.05. The minimum absolute atomic E-state index is 0.0598. The summed E-state index contributed by atoms with van der Waals surface area (Å²) in [5.41, 5.74) is 3.62. The second-order valence-corrected chi connectivity index (χ2v) is 17.4. The molecule has 0 bridgehead atoms. The molecule has 0 N–H and O–H groups in total. The summed E-state index contributed by atoms with van der Waals surface area (Å²) in [5, 5.41) is 3.06. The van der Waals surface area contributed by atoms with E-state index in [1.54, 1.807) is 0 Å². The largest absolute Gasteiger partial charge is 0.320 e. The van der Waals surface area contributed by atoms with Crippen LogP contribution < -0.4 is 20.2 Å². The average molecular weight is 492 g/mol. The van der Waals surface area contributed by atoms with Gasteiger partial charge in [-0.3, -0.25) is 0 Å². The fourth-order valence-corrected chi connectivity index (χ4v) is 14.3. The SMILES string of the molecule is CC(C)(C)[Si](c1ccccc1)(c1ccnc2c1N(c1ccccc1)CN2c1ccccc1)C(C)(C)C. The van der Waals surface area contributed by atoms with Gasteiger partial charge in [0.25, 0.3) is 0 Å². The van der Waals surface area contributed by atoms with Crippen molar-refractivity contribution in [3.8, 4) is 0 Å². The molecule has 1 aliphatic rings. The molecule has 0 saturated carbocycles. The molecule has 5 rings (SSSR count). The number of pyridine rings is 1. The van der Waals surface area contributed by atoms with Gasteiger partial charge in [-0.25, -0.2) is 4.98 Å². The summed E-state index contributed by atoms with van der Waals surface area (Å²) in [7, 11) is -2.42. The smallest absolute Gasteiger partial charge is 0.158 e. The third kappa shape index (κ3) is 3.75. The van der Waals surface area contributed by atoms with Gasteiger partial charge in [0.2, 0.25) is 0 Å². The van der Waals surface area contributed by atoms with Gasteiger partial charge in [-0.15, -0.1) is 0 Å². The van der Waals surface area contributed by atoms with Gasteiger partial charge in [0.15, 0.2) is 5.82 Å². The van der Waals surface area contributed by atoms with E-state index >= 15 is 0 Å². The van der Waals surface area contributed by atoms with Gasteiger partial charge in [-0.2, -0.15) is 0 Å². The monoisotopic (exact) mass is 491 g/mol. The van der Waals surface area contributed by atoms with E-state index in [-0.39, 0.29) is 10.1 Å². The van der Waals surface area contributed by atoms with Crippen LogP contribution in [0.1, 0.15) is 41.5 Å². The highest BCUT2D eigenvalue weighted by molar-refractivity contribution is 7.07. The van der Waals surface area contributed by atoms with Gasteiger partial charge >= 0.3 is 0 Å². The number of nitrogens with zero attached hydrogens (tertiary/aromatic N) is 3. The maximum absolute atomic E-state index is 5.03. The van der Waals surface area contributed by atoms with Gasteiger partial charge in [0.05, 0.1) is 5.69 Å². The first-order chi connectivity index (χ1) is 17.2. The van der Waals surface area contributed by atoms with E-state index in [1.807, 2.05) is 6.20 Å². The molecule has 2 heterocycles. The Morgan fingerprint density at radius 3 is 1.58 bits per heavy atom. The Hall–Kier alpha value is -3.37. The Morgan fingerprint density at radius 1 is 0.611 bits per heavy atom. The number of para-hydroxylation sites is 2. The molecule has 184 valence electrons. The molecule has 4 aromatic rings. The number of hydrogen-bond donors (Lipinski definition) is 0. The first kappa shape index (κ1) is 24.3. The third-order valence-corrected chi connectivity index (χ3v) is 14.6. The fourth-order valence-electron chi connectivity index (χ4n) is 6.76. The molecule has 1 aromatic heterocycles. The van der Waals surface area contributed by atoms with Crippen LogP contribution in [0.3, 0.4) is 0 Å². The molecule has 0 spiro atoms. The standard InChI is InChI=1S/C32H37N3Si/c1-31(2,3)36(32(4,5)6,27-20-14-9-15-21-27)28-22-23-33-30-29(28)34(25-16-10-7-11-17-25)24-35(30)26-18-12-8-13-19-26/h7-23H,24H2,1-6H3. The second kappa shape index (κ2) is 8.93. The normalized spacial score (nSPS) is 14.2. The minimum atomic E-state index is -2.42. The average Bonchev–Trinajstić information content (AvgIpc) is 3.25. The molecule has 0 radical (unpaired) electrons. The van der Waals surface area contributed by atoms with Crippen LogP contribution in [0.4, 0.5) is 22.9 Å². The van der Waals surface area contributed by atoms with Crippen LogP contribution in [0, 0.1) is 0 Å². The second-order valence-electron chi connectivity index (χ2n) is 11.8. The van der Waals surface area contributed by atoms with Gasteiger partial charge in [0.1, 0.15) is 14.7 Å². The summed E-state index contributed by atoms with van der Waals surface area (Å²) >= 11 is 0. The summed E-state index contributed by atoms with van der Waals surface area (Å²) in [6.07, 6.45) is 2.04. The maximum atomic E-state index is 5.03. The Balaban J connectivity index is 1.87. The lowest BCUT2D eigenvalue weighted by Crippen LogP contribution is -2.70.